The fraction of sp³-hybridized carbons (Fsp3) is 0.267. The zero-order valence-corrected chi connectivity index (χ0v) is 26.4. The smallest absolute Gasteiger partial charge is 1.00 e. The van der Waals surface area contributed by atoms with E-state index in [0.29, 0.717) is 0 Å². The molecule has 0 radical (unpaired) electrons. The van der Waals surface area contributed by atoms with Gasteiger partial charge in [-0.25, -0.2) is 5.57 Å². The van der Waals surface area contributed by atoms with Gasteiger partial charge in [-0.05, 0) is 36.3 Å². The maximum atomic E-state index is 4.02. The molecule has 0 heterocycles. The Labute approximate surface area is 246 Å². The van der Waals surface area contributed by atoms with Crippen LogP contribution in [-0.2, 0) is 21.7 Å². The summed E-state index contributed by atoms with van der Waals surface area (Å²) in [6.07, 6.45) is 4.02. The molecule has 2 atom stereocenters. The number of aryl methyl sites for hydroxylation is 3. The van der Waals surface area contributed by atoms with Crippen LogP contribution in [0.4, 0.5) is 0 Å². The summed E-state index contributed by atoms with van der Waals surface area (Å²) in [6.45, 7) is 15.9. The van der Waals surface area contributed by atoms with Crippen molar-refractivity contribution in [3.05, 3.63) is 112 Å². The molecular formula is C30H33Cl3SiTi. The van der Waals surface area contributed by atoms with Crippen molar-refractivity contribution in [2.24, 2.45) is 0 Å². The van der Waals surface area contributed by atoms with E-state index < -0.39 is 8.07 Å². The summed E-state index contributed by atoms with van der Waals surface area (Å²) in [5, 5.41) is 4.20. The molecule has 1 aliphatic carbocycles. The van der Waals surface area contributed by atoms with Crippen LogP contribution in [0.25, 0.3) is 0 Å². The molecule has 0 nitrogen and oxygen atoms in total. The molecule has 182 valence electrons. The Bertz CT molecular complexity index is 1180. The third-order valence-electron chi connectivity index (χ3n) is 7.41. The SMILES string of the molecule is CC1=[C-]C(C)([Si](c2ccccc2)(c2ccc(C)cc2)c2cc(C)cc(C)c2)C(C)=C1C.[Cl-].[Cl-].[Cl-].[Ti+4]. The van der Waals surface area contributed by atoms with Crippen LogP contribution in [0.2, 0.25) is 5.04 Å². The van der Waals surface area contributed by atoms with Crippen molar-refractivity contribution in [1.82, 2.24) is 0 Å². The minimum absolute atomic E-state index is 0. The van der Waals surface area contributed by atoms with E-state index in [1.54, 1.807) is 0 Å². The third-order valence-corrected chi connectivity index (χ3v) is 13.0. The van der Waals surface area contributed by atoms with Gasteiger partial charge in [0.25, 0.3) is 0 Å². The first-order valence-electron chi connectivity index (χ1n) is 11.2. The van der Waals surface area contributed by atoms with Crippen LogP contribution in [0.5, 0.6) is 0 Å². The van der Waals surface area contributed by atoms with Crippen LogP contribution in [0.1, 0.15) is 44.4 Å². The van der Waals surface area contributed by atoms with Gasteiger partial charge in [0.05, 0.1) is 0 Å². The van der Waals surface area contributed by atoms with E-state index in [1.165, 1.54) is 49.0 Å². The van der Waals surface area contributed by atoms with Gasteiger partial charge < -0.3 is 37.2 Å². The zero-order valence-electron chi connectivity index (χ0n) is 21.6. The Morgan fingerprint density at radius 1 is 0.600 bits per heavy atom. The summed E-state index contributed by atoms with van der Waals surface area (Å²) >= 11 is 0. The van der Waals surface area contributed by atoms with E-state index in [0.717, 1.165) is 0 Å². The molecule has 0 aliphatic heterocycles. The maximum absolute atomic E-state index is 4.02. The summed E-state index contributed by atoms with van der Waals surface area (Å²) in [6, 6.07) is 27.7. The van der Waals surface area contributed by atoms with Crippen molar-refractivity contribution in [3.63, 3.8) is 0 Å². The van der Waals surface area contributed by atoms with Gasteiger partial charge in [0.1, 0.15) is 8.07 Å². The van der Waals surface area contributed by atoms with Crippen LogP contribution in [0.3, 0.4) is 0 Å². The third kappa shape index (κ3) is 5.62. The number of hydrogen-bond donors (Lipinski definition) is 0. The van der Waals surface area contributed by atoms with Crippen LogP contribution in [0.15, 0.2) is 89.5 Å². The van der Waals surface area contributed by atoms with E-state index in [-0.39, 0.29) is 64.0 Å². The average Bonchev–Trinajstić information content (AvgIpc) is 2.93. The Morgan fingerprint density at radius 3 is 1.54 bits per heavy atom. The second-order valence-electron chi connectivity index (χ2n) is 9.48. The molecule has 0 N–H and O–H groups in total. The molecule has 0 bridgehead atoms. The van der Waals surface area contributed by atoms with Crippen molar-refractivity contribution in [2.75, 3.05) is 0 Å². The van der Waals surface area contributed by atoms with Gasteiger partial charge in [0.2, 0.25) is 0 Å². The van der Waals surface area contributed by atoms with Crippen LogP contribution in [0, 0.1) is 26.8 Å². The zero-order chi connectivity index (χ0) is 22.4. The molecule has 5 heteroatoms. The van der Waals surface area contributed by atoms with Crippen molar-refractivity contribution >= 4 is 23.6 Å². The minimum Gasteiger partial charge on any atom is -1.00 e. The van der Waals surface area contributed by atoms with Crippen LogP contribution >= 0.6 is 0 Å². The van der Waals surface area contributed by atoms with Crippen molar-refractivity contribution in [3.8, 4) is 0 Å². The topological polar surface area (TPSA) is 0 Å². The first kappa shape index (κ1) is 33.9. The number of hydrogen-bond acceptors (Lipinski definition) is 0. The number of rotatable bonds is 4. The molecule has 0 amide bonds. The minimum atomic E-state index is -2.54. The largest absolute Gasteiger partial charge is 4.00 e. The first-order chi connectivity index (χ1) is 14.7. The van der Waals surface area contributed by atoms with Crippen molar-refractivity contribution in [2.45, 2.75) is 53.5 Å². The monoisotopic (exact) mass is 574 g/mol. The molecule has 1 aliphatic rings. The molecule has 35 heavy (non-hydrogen) atoms. The van der Waals surface area contributed by atoms with Gasteiger partial charge in [0.15, 0.2) is 0 Å². The fourth-order valence-electron chi connectivity index (χ4n) is 5.64. The molecule has 3 aromatic rings. The van der Waals surface area contributed by atoms with Crippen LogP contribution < -0.4 is 52.8 Å². The molecule has 0 spiro atoms. The van der Waals surface area contributed by atoms with Crippen molar-refractivity contribution < 1.29 is 58.9 Å². The Hall–Kier alpha value is -1.06. The van der Waals surface area contributed by atoms with Gasteiger partial charge in [-0.2, -0.15) is 11.1 Å². The Morgan fingerprint density at radius 2 is 1.09 bits per heavy atom. The van der Waals surface area contributed by atoms with Gasteiger partial charge >= 0.3 is 21.7 Å². The van der Waals surface area contributed by atoms with Gasteiger partial charge in [-0.15, -0.1) is 6.92 Å². The predicted molar refractivity (Wildman–Crippen MR) is 137 cm³/mol. The summed E-state index contributed by atoms with van der Waals surface area (Å²) in [5.74, 6) is 0. The normalized spacial score (nSPS) is 18.2. The van der Waals surface area contributed by atoms with Gasteiger partial charge in [-0.1, -0.05) is 115 Å². The fourth-order valence-corrected chi connectivity index (χ4v) is 11.7. The second kappa shape index (κ2) is 13.0. The Balaban J connectivity index is 0.00000289. The summed E-state index contributed by atoms with van der Waals surface area (Å²) < 4.78 is 0. The predicted octanol–water partition coefficient (Wildman–Crippen LogP) is -3.05. The molecule has 0 saturated heterocycles. The standard InChI is InChI=1S/C30H33Si.3ClH.Ti/c1-21-13-15-28(16-14-21)31(27-11-9-8-10-12-27,29-18-22(2)17-23(3)19-29)30(7)20-24(4)25(5)26(30)6;;;;/h8-19H,1-7H3;3*1H;/q-1;;;;+4/p-3. The number of halogens is 3. The summed E-state index contributed by atoms with van der Waals surface area (Å²) in [7, 11) is -2.54. The van der Waals surface area contributed by atoms with E-state index in [9.17, 15) is 0 Å². The van der Waals surface area contributed by atoms with E-state index >= 15 is 0 Å². The Kier molecular flexibility index (Phi) is 12.6. The van der Waals surface area contributed by atoms with Gasteiger partial charge in [-0.3, -0.25) is 6.08 Å². The summed E-state index contributed by atoms with van der Waals surface area (Å²) in [4.78, 5) is 0. The molecule has 3 aromatic carbocycles. The molecule has 2 unspecified atom stereocenters. The molecule has 4 rings (SSSR count). The van der Waals surface area contributed by atoms with E-state index in [2.05, 4.69) is 127 Å². The van der Waals surface area contributed by atoms with E-state index in [1.807, 2.05) is 0 Å². The molecule has 0 saturated carbocycles. The van der Waals surface area contributed by atoms with Crippen molar-refractivity contribution in [1.29, 1.82) is 0 Å². The first-order valence-corrected chi connectivity index (χ1v) is 13.2. The number of benzene rings is 3. The summed E-state index contributed by atoms with van der Waals surface area (Å²) in [5.41, 5.74) is 8.11. The average molecular weight is 576 g/mol. The second-order valence-corrected chi connectivity index (χ2v) is 13.7. The van der Waals surface area contributed by atoms with E-state index in [4.69, 9.17) is 0 Å². The van der Waals surface area contributed by atoms with Crippen LogP contribution in [-0.4, -0.2) is 8.07 Å². The molecular weight excluding hydrogens is 543 g/mol. The van der Waals surface area contributed by atoms with Gasteiger partial charge in [0, 0.05) is 0 Å². The molecule has 0 aromatic heterocycles. The maximum Gasteiger partial charge on any atom is 4.00 e. The quantitative estimate of drug-likeness (QED) is 0.176. The number of allylic oxidation sites excluding steroid dienone is 4. The molecule has 0 fully saturated rings.